The van der Waals surface area contributed by atoms with E-state index in [0.717, 1.165) is 38.5 Å². The van der Waals surface area contributed by atoms with E-state index in [1.807, 2.05) is 6.07 Å². The van der Waals surface area contributed by atoms with E-state index in [4.69, 9.17) is 5.11 Å². The number of carbonyl (C=O) groups excluding carboxylic acids is 1. The van der Waals surface area contributed by atoms with Crippen LogP contribution in [0.2, 0.25) is 0 Å². The second-order valence-corrected chi connectivity index (χ2v) is 7.14. The van der Waals surface area contributed by atoms with Crippen molar-refractivity contribution in [1.29, 1.82) is 0 Å². The zero-order valence-corrected chi connectivity index (χ0v) is 14.4. The molecule has 1 aliphatic carbocycles. The molecule has 2 fully saturated rings. The van der Waals surface area contributed by atoms with Crippen LogP contribution in [0.25, 0.3) is 0 Å². The Morgan fingerprint density at radius 1 is 1.21 bits per heavy atom. The summed E-state index contributed by atoms with van der Waals surface area (Å²) in [5.74, 6) is 1.34. The van der Waals surface area contributed by atoms with Crippen LogP contribution >= 0.6 is 0 Å². The third-order valence-corrected chi connectivity index (χ3v) is 4.99. The average Bonchev–Trinajstić information content (AvgIpc) is 3.28. The Balaban J connectivity index is 1.38. The number of carbonyl (C=O) groups is 1. The molecule has 1 atom stereocenters. The smallest absolute Gasteiger partial charge is 0.234 e. The van der Waals surface area contributed by atoms with Crippen molar-refractivity contribution in [3.05, 3.63) is 30.3 Å². The topological polar surface area (TPSA) is 55.8 Å². The highest BCUT2D eigenvalue weighted by Gasteiger charge is 2.26. The van der Waals surface area contributed by atoms with Gasteiger partial charge in [-0.05, 0) is 43.2 Å². The maximum absolute atomic E-state index is 12.2. The molecule has 0 bridgehead atoms. The van der Waals surface area contributed by atoms with Gasteiger partial charge in [0.1, 0.15) is 0 Å². The maximum Gasteiger partial charge on any atom is 0.234 e. The Morgan fingerprint density at radius 3 is 2.71 bits per heavy atom. The molecule has 2 N–H and O–H groups in total. The summed E-state index contributed by atoms with van der Waals surface area (Å²) in [7, 11) is 0. The summed E-state index contributed by atoms with van der Waals surface area (Å²) in [6.45, 7) is 4.88. The van der Waals surface area contributed by atoms with E-state index in [0.29, 0.717) is 19.0 Å². The van der Waals surface area contributed by atoms with Crippen molar-refractivity contribution in [2.75, 3.05) is 50.8 Å². The van der Waals surface area contributed by atoms with Crippen LogP contribution in [0, 0.1) is 11.8 Å². The van der Waals surface area contributed by atoms with Gasteiger partial charge in [-0.25, -0.2) is 0 Å². The fraction of sp³-hybridized carbons (Fsp3) is 0.632. The number of hydrogen-bond donors (Lipinski definition) is 2. The lowest BCUT2D eigenvalue weighted by Crippen LogP contribution is -2.41. The van der Waals surface area contributed by atoms with Gasteiger partial charge in [0, 0.05) is 38.4 Å². The SMILES string of the molecule is O=C(CN(CCO)CC1CC1)NCC1CCN(c2ccccc2)C1. The van der Waals surface area contributed by atoms with E-state index < -0.39 is 0 Å². The van der Waals surface area contributed by atoms with Crippen LogP contribution in [0.1, 0.15) is 19.3 Å². The molecule has 24 heavy (non-hydrogen) atoms. The Kier molecular flexibility index (Phi) is 6.10. The number of benzene rings is 1. The first-order valence-corrected chi connectivity index (χ1v) is 9.14. The molecule has 1 amide bonds. The summed E-state index contributed by atoms with van der Waals surface area (Å²) >= 11 is 0. The zero-order chi connectivity index (χ0) is 16.8. The van der Waals surface area contributed by atoms with Crippen molar-refractivity contribution in [1.82, 2.24) is 10.2 Å². The molecule has 5 heteroatoms. The lowest BCUT2D eigenvalue weighted by atomic mass is 10.1. The maximum atomic E-state index is 12.2. The second-order valence-electron chi connectivity index (χ2n) is 7.14. The highest BCUT2D eigenvalue weighted by Crippen LogP contribution is 2.29. The summed E-state index contributed by atoms with van der Waals surface area (Å²) in [5, 5.41) is 12.2. The standard InChI is InChI=1S/C19H29N3O2/c23-11-10-21(13-16-6-7-16)15-19(24)20-12-17-8-9-22(14-17)18-4-2-1-3-5-18/h1-5,16-17,23H,6-15H2,(H,20,24). The molecule has 3 rings (SSSR count). The van der Waals surface area contributed by atoms with Gasteiger partial charge >= 0.3 is 0 Å². The van der Waals surface area contributed by atoms with Gasteiger partial charge in [-0.3, -0.25) is 9.69 Å². The summed E-state index contributed by atoms with van der Waals surface area (Å²) < 4.78 is 0. The number of nitrogens with zero attached hydrogens (tertiary/aromatic N) is 2. The fourth-order valence-electron chi connectivity index (χ4n) is 3.43. The van der Waals surface area contributed by atoms with Gasteiger partial charge in [0.25, 0.3) is 0 Å². The van der Waals surface area contributed by atoms with Crippen LogP contribution in [0.3, 0.4) is 0 Å². The lowest BCUT2D eigenvalue weighted by Gasteiger charge is -2.21. The predicted octanol–water partition coefficient (Wildman–Crippen LogP) is 1.33. The highest BCUT2D eigenvalue weighted by atomic mass is 16.3. The van der Waals surface area contributed by atoms with Gasteiger partial charge in [0.15, 0.2) is 0 Å². The van der Waals surface area contributed by atoms with Crippen molar-refractivity contribution in [3.63, 3.8) is 0 Å². The number of amides is 1. The minimum atomic E-state index is 0.0854. The summed E-state index contributed by atoms with van der Waals surface area (Å²) in [4.78, 5) is 16.7. The molecular formula is C19H29N3O2. The average molecular weight is 331 g/mol. The van der Waals surface area contributed by atoms with E-state index in [2.05, 4.69) is 39.4 Å². The fourth-order valence-corrected chi connectivity index (χ4v) is 3.43. The molecular weight excluding hydrogens is 302 g/mol. The predicted molar refractivity (Wildman–Crippen MR) is 96.0 cm³/mol. The van der Waals surface area contributed by atoms with Gasteiger partial charge in [-0.1, -0.05) is 18.2 Å². The van der Waals surface area contributed by atoms with Crippen LogP contribution in [-0.4, -0.2) is 61.8 Å². The normalized spacial score (nSPS) is 20.6. The highest BCUT2D eigenvalue weighted by molar-refractivity contribution is 5.78. The van der Waals surface area contributed by atoms with E-state index in [1.54, 1.807) is 0 Å². The Labute approximate surface area is 144 Å². The number of hydrogen-bond acceptors (Lipinski definition) is 4. The van der Waals surface area contributed by atoms with Crippen molar-refractivity contribution < 1.29 is 9.90 Å². The minimum Gasteiger partial charge on any atom is -0.395 e. The quantitative estimate of drug-likeness (QED) is 0.717. The molecule has 1 saturated heterocycles. The second kappa shape index (κ2) is 8.49. The third kappa shape index (κ3) is 5.21. The molecule has 1 heterocycles. The number of rotatable bonds is 9. The Bertz CT molecular complexity index is 519. The summed E-state index contributed by atoms with van der Waals surface area (Å²) in [6, 6.07) is 10.5. The molecule has 5 nitrogen and oxygen atoms in total. The van der Waals surface area contributed by atoms with Gasteiger partial charge < -0.3 is 15.3 Å². The molecule has 1 aliphatic heterocycles. The summed E-state index contributed by atoms with van der Waals surface area (Å²) in [5.41, 5.74) is 1.27. The number of anilines is 1. The first-order valence-electron chi connectivity index (χ1n) is 9.14. The van der Waals surface area contributed by atoms with Crippen molar-refractivity contribution in [3.8, 4) is 0 Å². The minimum absolute atomic E-state index is 0.0854. The summed E-state index contributed by atoms with van der Waals surface area (Å²) in [6.07, 6.45) is 3.65. The Hall–Kier alpha value is -1.59. The van der Waals surface area contributed by atoms with Crippen molar-refractivity contribution >= 4 is 11.6 Å². The largest absolute Gasteiger partial charge is 0.395 e. The van der Waals surface area contributed by atoms with E-state index in [9.17, 15) is 4.79 Å². The van der Waals surface area contributed by atoms with Crippen LogP contribution < -0.4 is 10.2 Å². The third-order valence-electron chi connectivity index (χ3n) is 4.99. The number of nitrogens with one attached hydrogen (secondary N) is 1. The van der Waals surface area contributed by atoms with Crippen molar-refractivity contribution in [2.24, 2.45) is 11.8 Å². The van der Waals surface area contributed by atoms with Gasteiger partial charge in [0.2, 0.25) is 5.91 Å². The van der Waals surface area contributed by atoms with E-state index in [1.165, 1.54) is 18.5 Å². The number of aliphatic hydroxyl groups excluding tert-OH is 1. The number of aliphatic hydroxyl groups is 1. The molecule has 0 aromatic heterocycles. The molecule has 0 radical (unpaired) electrons. The lowest BCUT2D eigenvalue weighted by molar-refractivity contribution is -0.122. The van der Waals surface area contributed by atoms with E-state index >= 15 is 0 Å². The van der Waals surface area contributed by atoms with Crippen LogP contribution in [0.15, 0.2) is 30.3 Å². The molecule has 0 spiro atoms. The van der Waals surface area contributed by atoms with Gasteiger partial charge in [0.05, 0.1) is 13.2 Å². The molecule has 1 saturated carbocycles. The first kappa shape index (κ1) is 17.2. The van der Waals surface area contributed by atoms with Gasteiger partial charge in [-0.2, -0.15) is 0 Å². The van der Waals surface area contributed by atoms with E-state index in [-0.39, 0.29) is 12.5 Å². The van der Waals surface area contributed by atoms with Gasteiger partial charge in [-0.15, -0.1) is 0 Å². The molecule has 2 aliphatic rings. The molecule has 1 unspecified atom stereocenters. The van der Waals surface area contributed by atoms with Crippen molar-refractivity contribution in [2.45, 2.75) is 19.3 Å². The first-order chi connectivity index (χ1) is 11.7. The van der Waals surface area contributed by atoms with Crippen LogP contribution in [-0.2, 0) is 4.79 Å². The molecule has 1 aromatic carbocycles. The molecule has 132 valence electrons. The number of para-hydroxylation sites is 1. The monoisotopic (exact) mass is 331 g/mol. The zero-order valence-electron chi connectivity index (χ0n) is 14.4. The van der Waals surface area contributed by atoms with Crippen LogP contribution in [0.4, 0.5) is 5.69 Å². The molecule has 1 aromatic rings. The van der Waals surface area contributed by atoms with Crippen LogP contribution in [0.5, 0.6) is 0 Å². The Morgan fingerprint density at radius 2 is 2.00 bits per heavy atom.